The van der Waals surface area contributed by atoms with Crippen LogP contribution in [0.25, 0.3) is 22.4 Å². The minimum atomic E-state index is 0.593. The van der Waals surface area contributed by atoms with Crippen molar-refractivity contribution in [3.05, 3.63) is 30.5 Å². The third-order valence-electron chi connectivity index (χ3n) is 3.37. The van der Waals surface area contributed by atoms with Crippen LogP contribution in [0.5, 0.6) is 0 Å². The van der Waals surface area contributed by atoms with E-state index in [-0.39, 0.29) is 0 Å². The maximum atomic E-state index is 5.74. The van der Waals surface area contributed by atoms with Crippen LogP contribution in [0.1, 0.15) is 12.8 Å². The second-order valence-electron chi connectivity index (χ2n) is 4.88. The van der Waals surface area contributed by atoms with Crippen LogP contribution in [0, 0.1) is 5.92 Å². The summed E-state index contributed by atoms with van der Waals surface area (Å²) in [7, 11) is 0. The van der Waals surface area contributed by atoms with Gasteiger partial charge in [0.1, 0.15) is 0 Å². The zero-order valence-corrected chi connectivity index (χ0v) is 11.1. The van der Waals surface area contributed by atoms with Gasteiger partial charge in [-0.3, -0.25) is 0 Å². The number of aromatic nitrogens is 3. The summed E-state index contributed by atoms with van der Waals surface area (Å²) in [6, 6.07) is 8.12. The molecule has 0 unspecified atom stereocenters. The summed E-state index contributed by atoms with van der Waals surface area (Å²) < 4.78 is 5.74. The molecule has 4 rings (SSSR count). The van der Waals surface area contributed by atoms with Gasteiger partial charge >= 0.3 is 0 Å². The first-order valence-corrected chi connectivity index (χ1v) is 7.41. The molecule has 3 aromatic rings. The molecule has 0 atom stereocenters. The van der Waals surface area contributed by atoms with Gasteiger partial charge in [0.25, 0.3) is 11.1 Å². The molecular formula is C14H13N3OS. The second kappa shape index (κ2) is 4.42. The summed E-state index contributed by atoms with van der Waals surface area (Å²) in [6.45, 7) is 0. The molecule has 2 heterocycles. The number of benzene rings is 1. The summed E-state index contributed by atoms with van der Waals surface area (Å²) in [4.78, 5) is 3.22. The fourth-order valence-electron chi connectivity index (χ4n) is 2.10. The first-order valence-electron chi connectivity index (χ1n) is 6.43. The van der Waals surface area contributed by atoms with Gasteiger partial charge in [-0.05, 0) is 24.8 Å². The molecule has 1 saturated carbocycles. The fraction of sp³-hybridized carbons (Fsp3) is 0.286. The van der Waals surface area contributed by atoms with E-state index in [2.05, 4.69) is 21.2 Å². The number of para-hydroxylation sites is 1. The van der Waals surface area contributed by atoms with Crippen molar-refractivity contribution < 1.29 is 4.42 Å². The van der Waals surface area contributed by atoms with E-state index < -0.39 is 0 Å². The van der Waals surface area contributed by atoms with Crippen molar-refractivity contribution in [2.45, 2.75) is 18.1 Å². The first kappa shape index (κ1) is 11.1. The van der Waals surface area contributed by atoms with E-state index in [1.165, 1.54) is 12.8 Å². The van der Waals surface area contributed by atoms with Crippen molar-refractivity contribution in [3.63, 3.8) is 0 Å². The molecule has 0 bridgehead atoms. The topological polar surface area (TPSA) is 54.7 Å². The molecule has 0 saturated heterocycles. The second-order valence-corrected chi connectivity index (χ2v) is 5.85. The van der Waals surface area contributed by atoms with Crippen molar-refractivity contribution in [3.8, 4) is 11.5 Å². The molecule has 5 heteroatoms. The van der Waals surface area contributed by atoms with Crippen LogP contribution >= 0.6 is 11.8 Å². The molecule has 0 spiro atoms. The number of rotatable bonds is 4. The Balaban J connectivity index is 1.64. The molecule has 19 heavy (non-hydrogen) atoms. The number of nitrogens with zero attached hydrogens (tertiary/aromatic N) is 2. The number of hydrogen-bond donors (Lipinski definition) is 1. The Labute approximate surface area is 114 Å². The van der Waals surface area contributed by atoms with E-state index in [0.717, 1.165) is 28.1 Å². The van der Waals surface area contributed by atoms with E-state index >= 15 is 0 Å². The molecule has 0 amide bonds. The third kappa shape index (κ3) is 2.14. The largest absolute Gasteiger partial charge is 0.411 e. The van der Waals surface area contributed by atoms with Crippen LogP contribution in [-0.4, -0.2) is 20.9 Å². The van der Waals surface area contributed by atoms with Crippen molar-refractivity contribution in [2.24, 2.45) is 5.92 Å². The monoisotopic (exact) mass is 271 g/mol. The Hall–Kier alpha value is -1.75. The molecular weight excluding hydrogens is 258 g/mol. The Morgan fingerprint density at radius 1 is 1.26 bits per heavy atom. The highest BCUT2D eigenvalue weighted by atomic mass is 32.2. The molecule has 1 N–H and O–H groups in total. The van der Waals surface area contributed by atoms with Gasteiger partial charge in [-0.25, -0.2) is 0 Å². The molecule has 1 aromatic carbocycles. The minimum absolute atomic E-state index is 0.593. The normalized spacial score (nSPS) is 15.2. The highest BCUT2D eigenvalue weighted by Crippen LogP contribution is 2.35. The number of thioether (sulfide) groups is 1. The van der Waals surface area contributed by atoms with Crippen LogP contribution < -0.4 is 0 Å². The standard InChI is InChI=1S/C14H13N3OS/c1-2-4-12-10(3-1)11(7-15-12)13-16-17-14(18-13)19-8-9-5-6-9/h1-4,7,9,15H,5-6,8H2. The summed E-state index contributed by atoms with van der Waals surface area (Å²) in [5.41, 5.74) is 2.06. The molecule has 96 valence electrons. The average molecular weight is 271 g/mol. The fourth-order valence-corrected chi connectivity index (χ4v) is 3.05. The van der Waals surface area contributed by atoms with Gasteiger partial charge in [0.15, 0.2) is 0 Å². The van der Waals surface area contributed by atoms with E-state index in [1.54, 1.807) is 11.8 Å². The number of hydrogen-bond acceptors (Lipinski definition) is 4. The molecule has 4 nitrogen and oxygen atoms in total. The predicted molar refractivity (Wildman–Crippen MR) is 75.0 cm³/mol. The van der Waals surface area contributed by atoms with Crippen LogP contribution in [0.2, 0.25) is 0 Å². The van der Waals surface area contributed by atoms with E-state index in [9.17, 15) is 0 Å². The van der Waals surface area contributed by atoms with Gasteiger partial charge in [0.05, 0.1) is 5.56 Å². The van der Waals surface area contributed by atoms with Gasteiger partial charge < -0.3 is 9.40 Å². The molecule has 1 aliphatic carbocycles. The molecule has 1 fully saturated rings. The lowest BCUT2D eigenvalue weighted by Gasteiger charge is -1.93. The van der Waals surface area contributed by atoms with Gasteiger partial charge in [0, 0.05) is 22.9 Å². The number of H-pyrrole nitrogens is 1. The van der Waals surface area contributed by atoms with Crippen molar-refractivity contribution in [2.75, 3.05) is 5.75 Å². The number of aromatic amines is 1. The highest BCUT2D eigenvalue weighted by Gasteiger charge is 2.22. The van der Waals surface area contributed by atoms with E-state index in [4.69, 9.17) is 4.42 Å². The third-order valence-corrected chi connectivity index (χ3v) is 4.42. The zero-order chi connectivity index (χ0) is 12.7. The van der Waals surface area contributed by atoms with E-state index in [0.29, 0.717) is 11.1 Å². The smallest absolute Gasteiger partial charge is 0.276 e. The van der Waals surface area contributed by atoms with Gasteiger partial charge in [0.2, 0.25) is 0 Å². The summed E-state index contributed by atoms with van der Waals surface area (Å²) in [5, 5.41) is 10.0. The van der Waals surface area contributed by atoms with Crippen LogP contribution in [0.3, 0.4) is 0 Å². The van der Waals surface area contributed by atoms with Crippen LogP contribution in [0.4, 0.5) is 0 Å². The van der Waals surface area contributed by atoms with Crippen molar-refractivity contribution >= 4 is 22.7 Å². The lowest BCUT2D eigenvalue weighted by Crippen LogP contribution is -1.80. The van der Waals surface area contributed by atoms with Crippen molar-refractivity contribution in [1.29, 1.82) is 0 Å². The quantitative estimate of drug-likeness (QED) is 0.735. The van der Waals surface area contributed by atoms with Gasteiger partial charge in [-0.2, -0.15) is 0 Å². The molecule has 2 aromatic heterocycles. The number of fused-ring (bicyclic) bond motifs is 1. The maximum absolute atomic E-state index is 5.74. The predicted octanol–water partition coefficient (Wildman–Crippen LogP) is 3.72. The summed E-state index contributed by atoms with van der Waals surface area (Å²) in [6.07, 6.45) is 4.61. The van der Waals surface area contributed by atoms with Crippen LogP contribution in [-0.2, 0) is 0 Å². The molecule has 0 aliphatic heterocycles. The number of nitrogens with one attached hydrogen (secondary N) is 1. The summed E-state index contributed by atoms with van der Waals surface area (Å²) in [5.74, 6) is 2.54. The van der Waals surface area contributed by atoms with Crippen LogP contribution in [0.15, 0.2) is 40.1 Å². The van der Waals surface area contributed by atoms with Crippen molar-refractivity contribution in [1.82, 2.24) is 15.2 Å². The average Bonchev–Trinajstić information content (AvgIpc) is 3.00. The lowest BCUT2D eigenvalue weighted by atomic mass is 10.2. The Bertz CT molecular complexity index is 714. The Morgan fingerprint density at radius 2 is 2.16 bits per heavy atom. The Kier molecular flexibility index (Phi) is 2.58. The van der Waals surface area contributed by atoms with Gasteiger partial charge in [-0.15, -0.1) is 10.2 Å². The van der Waals surface area contributed by atoms with Gasteiger partial charge in [-0.1, -0.05) is 30.0 Å². The minimum Gasteiger partial charge on any atom is -0.411 e. The molecule has 0 radical (unpaired) electrons. The highest BCUT2D eigenvalue weighted by molar-refractivity contribution is 7.99. The first-order chi connectivity index (χ1) is 9.40. The maximum Gasteiger partial charge on any atom is 0.276 e. The SMILES string of the molecule is c1ccc2c(-c3nnc(SCC4CC4)o3)c[nH]c2c1. The zero-order valence-electron chi connectivity index (χ0n) is 10.3. The van der Waals surface area contributed by atoms with E-state index in [1.807, 2.05) is 24.4 Å². The summed E-state index contributed by atoms with van der Waals surface area (Å²) >= 11 is 1.66. The Morgan fingerprint density at radius 3 is 3.05 bits per heavy atom. The lowest BCUT2D eigenvalue weighted by molar-refractivity contribution is 0.466. The molecule has 1 aliphatic rings.